The maximum Gasteiger partial charge on any atom is 0.0551 e. The molecule has 0 amide bonds. The van der Waals surface area contributed by atoms with Crippen LogP contribution in [0.4, 0.5) is 0 Å². The fraction of sp³-hybridized carbons (Fsp3) is 1.00. The van der Waals surface area contributed by atoms with Crippen LogP contribution in [0.2, 0.25) is 0 Å². The first-order valence-electron chi connectivity index (χ1n) is 5.65. The lowest BCUT2D eigenvalue weighted by Gasteiger charge is -2.11. The standard InChI is InChI=1S/C11H24N2O/c1-10-7-11(9-14-10)8-12-5-4-6-13(2)3/h10-12H,4-9H2,1-3H3. The Labute approximate surface area is 87.8 Å². The Balaban J connectivity index is 1.89. The highest BCUT2D eigenvalue weighted by molar-refractivity contribution is 4.72. The Morgan fingerprint density at radius 2 is 2.21 bits per heavy atom. The summed E-state index contributed by atoms with van der Waals surface area (Å²) in [6, 6.07) is 0. The third-order valence-corrected chi connectivity index (χ3v) is 2.67. The highest BCUT2D eigenvalue weighted by Gasteiger charge is 2.20. The molecule has 84 valence electrons. The van der Waals surface area contributed by atoms with Crippen molar-refractivity contribution in [2.75, 3.05) is 40.3 Å². The van der Waals surface area contributed by atoms with Gasteiger partial charge >= 0.3 is 0 Å². The summed E-state index contributed by atoms with van der Waals surface area (Å²) in [4.78, 5) is 2.22. The molecule has 1 heterocycles. The molecule has 14 heavy (non-hydrogen) atoms. The summed E-state index contributed by atoms with van der Waals surface area (Å²) in [5, 5.41) is 3.50. The normalized spacial score (nSPS) is 27.4. The molecule has 1 aliphatic rings. The fourth-order valence-electron chi connectivity index (χ4n) is 1.87. The molecule has 0 spiro atoms. The molecule has 2 atom stereocenters. The number of rotatable bonds is 6. The van der Waals surface area contributed by atoms with Gasteiger partial charge in [0.1, 0.15) is 0 Å². The van der Waals surface area contributed by atoms with Crippen LogP contribution in [0.3, 0.4) is 0 Å². The van der Waals surface area contributed by atoms with Crippen LogP contribution in [-0.2, 0) is 4.74 Å². The molecule has 0 bridgehead atoms. The molecule has 0 saturated carbocycles. The number of nitrogens with zero attached hydrogens (tertiary/aromatic N) is 1. The SMILES string of the molecule is CC1CC(CNCCCN(C)C)CO1. The Morgan fingerprint density at radius 3 is 2.79 bits per heavy atom. The Morgan fingerprint density at radius 1 is 1.43 bits per heavy atom. The molecule has 2 unspecified atom stereocenters. The van der Waals surface area contributed by atoms with E-state index < -0.39 is 0 Å². The Bertz CT molecular complexity index is 150. The summed E-state index contributed by atoms with van der Waals surface area (Å²) in [6.07, 6.45) is 2.93. The zero-order chi connectivity index (χ0) is 10.4. The number of hydrogen-bond donors (Lipinski definition) is 1. The van der Waals surface area contributed by atoms with E-state index in [9.17, 15) is 0 Å². The van der Waals surface area contributed by atoms with Crippen molar-refractivity contribution < 1.29 is 4.74 Å². The summed E-state index contributed by atoms with van der Waals surface area (Å²) in [5.74, 6) is 0.740. The fourth-order valence-corrected chi connectivity index (χ4v) is 1.87. The lowest BCUT2D eigenvalue weighted by atomic mass is 10.1. The number of hydrogen-bond acceptors (Lipinski definition) is 3. The molecule has 0 aromatic heterocycles. The number of nitrogens with one attached hydrogen (secondary N) is 1. The second-order valence-electron chi connectivity index (χ2n) is 4.61. The topological polar surface area (TPSA) is 24.5 Å². The molecular weight excluding hydrogens is 176 g/mol. The highest BCUT2D eigenvalue weighted by Crippen LogP contribution is 2.17. The monoisotopic (exact) mass is 200 g/mol. The van der Waals surface area contributed by atoms with Crippen molar-refractivity contribution in [2.24, 2.45) is 5.92 Å². The first-order valence-corrected chi connectivity index (χ1v) is 5.65. The minimum Gasteiger partial charge on any atom is -0.378 e. The molecular formula is C11H24N2O. The molecule has 1 rings (SSSR count). The second-order valence-corrected chi connectivity index (χ2v) is 4.61. The van der Waals surface area contributed by atoms with E-state index in [1.165, 1.54) is 19.4 Å². The summed E-state index contributed by atoms with van der Waals surface area (Å²) in [7, 11) is 4.24. The summed E-state index contributed by atoms with van der Waals surface area (Å²) < 4.78 is 5.51. The van der Waals surface area contributed by atoms with Crippen molar-refractivity contribution in [1.29, 1.82) is 0 Å². The van der Waals surface area contributed by atoms with E-state index in [0.29, 0.717) is 6.10 Å². The van der Waals surface area contributed by atoms with E-state index in [4.69, 9.17) is 4.74 Å². The smallest absolute Gasteiger partial charge is 0.0551 e. The van der Waals surface area contributed by atoms with Gasteiger partial charge in [-0.2, -0.15) is 0 Å². The number of ether oxygens (including phenoxy) is 1. The van der Waals surface area contributed by atoms with E-state index in [1.807, 2.05) is 0 Å². The van der Waals surface area contributed by atoms with Crippen LogP contribution >= 0.6 is 0 Å². The van der Waals surface area contributed by atoms with Crippen LogP contribution in [0.5, 0.6) is 0 Å². The third kappa shape index (κ3) is 4.94. The van der Waals surface area contributed by atoms with E-state index in [0.717, 1.165) is 25.6 Å². The first kappa shape index (κ1) is 12.0. The predicted octanol–water partition coefficient (Wildman–Crippen LogP) is 0.953. The van der Waals surface area contributed by atoms with Crippen molar-refractivity contribution in [3.8, 4) is 0 Å². The van der Waals surface area contributed by atoms with Crippen molar-refractivity contribution in [3.63, 3.8) is 0 Å². The Kier molecular flexibility index (Phi) is 5.45. The molecule has 1 N–H and O–H groups in total. The second kappa shape index (κ2) is 6.38. The highest BCUT2D eigenvalue weighted by atomic mass is 16.5. The average Bonchev–Trinajstić information content (AvgIpc) is 2.50. The third-order valence-electron chi connectivity index (χ3n) is 2.67. The van der Waals surface area contributed by atoms with Gasteiger partial charge in [0.25, 0.3) is 0 Å². The van der Waals surface area contributed by atoms with Gasteiger partial charge in [-0.15, -0.1) is 0 Å². The van der Waals surface area contributed by atoms with Gasteiger partial charge in [0, 0.05) is 6.54 Å². The van der Waals surface area contributed by atoms with Gasteiger partial charge in [-0.25, -0.2) is 0 Å². The van der Waals surface area contributed by atoms with Crippen LogP contribution in [0.25, 0.3) is 0 Å². The average molecular weight is 200 g/mol. The zero-order valence-corrected chi connectivity index (χ0v) is 9.75. The molecule has 1 aliphatic heterocycles. The van der Waals surface area contributed by atoms with E-state index in [1.54, 1.807) is 0 Å². The minimum atomic E-state index is 0.476. The summed E-state index contributed by atoms with van der Waals surface area (Å²) in [6.45, 7) is 6.53. The summed E-state index contributed by atoms with van der Waals surface area (Å²) >= 11 is 0. The molecule has 0 aromatic carbocycles. The van der Waals surface area contributed by atoms with Gasteiger partial charge in [-0.05, 0) is 52.9 Å². The molecule has 3 heteroatoms. The predicted molar refractivity (Wildman–Crippen MR) is 59.6 cm³/mol. The van der Waals surface area contributed by atoms with Gasteiger partial charge in [-0.3, -0.25) is 0 Å². The van der Waals surface area contributed by atoms with Crippen LogP contribution in [-0.4, -0.2) is 51.3 Å². The maximum atomic E-state index is 5.51. The molecule has 1 fully saturated rings. The van der Waals surface area contributed by atoms with Gasteiger partial charge in [0.15, 0.2) is 0 Å². The lowest BCUT2D eigenvalue weighted by Crippen LogP contribution is -2.26. The molecule has 3 nitrogen and oxygen atoms in total. The van der Waals surface area contributed by atoms with Crippen molar-refractivity contribution in [1.82, 2.24) is 10.2 Å². The van der Waals surface area contributed by atoms with E-state index in [-0.39, 0.29) is 0 Å². The van der Waals surface area contributed by atoms with Gasteiger partial charge < -0.3 is 15.0 Å². The van der Waals surface area contributed by atoms with E-state index >= 15 is 0 Å². The van der Waals surface area contributed by atoms with Crippen LogP contribution in [0, 0.1) is 5.92 Å². The van der Waals surface area contributed by atoms with Crippen LogP contribution < -0.4 is 5.32 Å². The molecule has 0 aliphatic carbocycles. The Hall–Kier alpha value is -0.120. The lowest BCUT2D eigenvalue weighted by molar-refractivity contribution is 0.120. The van der Waals surface area contributed by atoms with Crippen molar-refractivity contribution in [2.45, 2.75) is 25.9 Å². The van der Waals surface area contributed by atoms with Crippen LogP contribution in [0.15, 0.2) is 0 Å². The maximum absolute atomic E-state index is 5.51. The van der Waals surface area contributed by atoms with E-state index in [2.05, 4.69) is 31.2 Å². The largest absolute Gasteiger partial charge is 0.378 e. The molecule has 0 radical (unpaired) electrons. The van der Waals surface area contributed by atoms with Gasteiger partial charge in [-0.1, -0.05) is 0 Å². The van der Waals surface area contributed by atoms with Gasteiger partial charge in [0.2, 0.25) is 0 Å². The molecule has 1 saturated heterocycles. The van der Waals surface area contributed by atoms with Crippen molar-refractivity contribution in [3.05, 3.63) is 0 Å². The first-order chi connectivity index (χ1) is 6.68. The van der Waals surface area contributed by atoms with Gasteiger partial charge in [0.05, 0.1) is 12.7 Å². The van der Waals surface area contributed by atoms with Crippen LogP contribution in [0.1, 0.15) is 19.8 Å². The molecule has 0 aromatic rings. The quantitative estimate of drug-likeness (QED) is 0.646. The summed E-state index contributed by atoms with van der Waals surface area (Å²) in [5.41, 5.74) is 0. The zero-order valence-electron chi connectivity index (χ0n) is 9.75. The van der Waals surface area contributed by atoms with Crippen molar-refractivity contribution >= 4 is 0 Å². The minimum absolute atomic E-state index is 0.476.